The van der Waals surface area contributed by atoms with Gasteiger partial charge in [0.25, 0.3) is 0 Å². The van der Waals surface area contributed by atoms with E-state index in [2.05, 4.69) is 15.5 Å². The van der Waals surface area contributed by atoms with Crippen molar-refractivity contribution in [2.75, 3.05) is 33.7 Å². The van der Waals surface area contributed by atoms with Gasteiger partial charge in [0.15, 0.2) is 0 Å². The van der Waals surface area contributed by atoms with Gasteiger partial charge in [0.1, 0.15) is 5.82 Å². The SMILES string of the molecule is CN(CCCc1cc(-c2ccc(F)cc2)n[nH]1)CC(=O)N(C)CC(=O)NC(C)(C)C. The van der Waals surface area contributed by atoms with E-state index in [0.717, 1.165) is 36.3 Å². The molecule has 0 aliphatic carbocycles. The molecular weight excluding hydrogens is 385 g/mol. The van der Waals surface area contributed by atoms with Crippen LogP contribution in [0.2, 0.25) is 0 Å². The molecule has 1 aromatic carbocycles. The van der Waals surface area contributed by atoms with E-state index in [1.54, 1.807) is 19.2 Å². The molecule has 0 radical (unpaired) electrons. The van der Waals surface area contributed by atoms with Crippen molar-refractivity contribution in [1.29, 1.82) is 0 Å². The Kier molecular flexibility index (Phi) is 8.11. The number of halogens is 1. The number of carbonyl (C=O) groups is 2. The highest BCUT2D eigenvalue weighted by Crippen LogP contribution is 2.18. The lowest BCUT2D eigenvalue weighted by Gasteiger charge is -2.25. The second-order valence-corrected chi connectivity index (χ2v) is 8.67. The molecule has 0 unspecified atom stereocenters. The van der Waals surface area contributed by atoms with E-state index < -0.39 is 0 Å². The van der Waals surface area contributed by atoms with Crippen LogP contribution in [-0.2, 0) is 16.0 Å². The summed E-state index contributed by atoms with van der Waals surface area (Å²) in [6, 6.07) is 8.19. The normalized spacial score (nSPS) is 11.6. The molecule has 2 aromatic rings. The molecular formula is C22H32FN5O2. The third-order valence-corrected chi connectivity index (χ3v) is 4.48. The van der Waals surface area contributed by atoms with Gasteiger partial charge in [0, 0.05) is 23.8 Å². The molecule has 1 heterocycles. The first-order chi connectivity index (χ1) is 14.0. The standard InChI is InChI=1S/C22H32FN5O2/c1-22(2,3)24-20(29)14-28(5)21(30)15-27(4)12-6-7-18-13-19(26-25-18)16-8-10-17(23)11-9-16/h8-11,13H,6-7,12,14-15H2,1-5H3,(H,24,29)(H,25,26). The first-order valence-electron chi connectivity index (χ1n) is 10.1. The lowest BCUT2D eigenvalue weighted by molar-refractivity contribution is -0.135. The van der Waals surface area contributed by atoms with Crippen LogP contribution < -0.4 is 5.32 Å². The predicted molar refractivity (Wildman–Crippen MR) is 115 cm³/mol. The van der Waals surface area contributed by atoms with Gasteiger partial charge in [0.2, 0.25) is 11.8 Å². The monoisotopic (exact) mass is 417 g/mol. The Morgan fingerprint density at radius 3 is 2.43 bits per heavy atom. The summed E-state index contributed by atoms with van der Waals surface area (Å²) in [4.78, 5) is 27.7. The minimum Gasteiger partial charge on any atom is -0.350 e. The van der Waals surface area contributed by atoms with Crippen LogP contribution in [0.4, 0.5) is 4.39 Å². The van der Waals surface area contributed by atoms with E-state index in [9.17, 15) is 14.0 Å². The fourth-order valence-electron chi connectivity index (χ4n) is 2.99. The average molecular weight is 418 g/mol. The van der Waals surface area contributed by atoms with Crippen molar-refractivity contribution < 1.29 is 14.0 Å². The highest BCUT2D eigenvalue weighted by molar-refractivity contribution is 5.85. The number of aromatic amines is 1. The molecule has 30 heavy (non-hydrogen) atoms. The molecule has 0 aliphatic rings. The highest BCUT2D eigenvalue weighted by atomic mass is 19.1. The molecule has 2 amide bonds. The zero-order chi connectivity index (χ0) is 22.3. The number of hydrogen-bond donors (Lipinski definition) is 2. The molecule has 8 heteroatoms. The van der Waals surface area contributed by atoms with Gasteiger partial charge in [0.05, 0.1) is 18.8 Å². The summed E-state index contributed by atoms with van der Waals surface area (Å²) in [5, 5.41) is 10.1. The quantitative estimate of drug-likeness (QED) is 0.657. The van der Waals surface area contributed by atoms with E-state index in [1.165, 1.54) is 17.0 Å². The molecule has 0 fully saturated rings. The molecule has 0 atom stereocenters. The summed E-state index contributed by atoms with van der Waals surface area (Å²) in [6.45, 7) is 6.75. The van der Waals surface area contributed by atoms with Crippen LogP contribution in [0.1, 0.15) is 32.9 Å². The molecule has 164 valence electrons. The number of H-pyrrole nitrogens is 1. The van der Waals surface area contributed by atoms with E-state index in [4.69, 9.17) is 0 Å². The van der Waals surface area contributed by atoms with Crippen molar-refractivity contribution in [1.82, 2.24) is 25.3 Å². The Bertz CT molecular complexity index is 842. The van der Waals surface area contributed by atoms with Gasteiger partial charge >= 0.3 is 0 Å². The van der Waals surface area contributed by atoms with E-state index in [1.807, 2.05) is 38.8 Å². The van der Waals surface area contributed by atoms with Gasteiger partial charge in [-0.25, -0.2) is 4.39 Å². The Balaban J connectivity index is 1.73. The number of rotatable bonds is 9. The van der Waals surface area contributed by atoms with Crippen molar-refractivity contribution in [3.8, 4) is 11.3 Å². The van der Waals surface area contributed by atoms with E-state index in [0.29, 0.717) is 0 Å². The Hall–Kier alpha value is -2.74. The van der Waals surface area contributed by atoms with Crippen molar-refractivity contribution in [3.05, 3.63) is 41.8 Å². The summed E-state index contributed by atoms with van der Waals surface area (Å²) >= 11 is 0. The van der Waals surface area contributed by atoms with Crippen LogP contribution in [0.5, 0.6) is 0 Å². The Labute approximate surface area is 177 Å². The number of aryl methyl sites for hydroxylation is 1. The summed E-state index contributed by atoms with van der Waals surface area (Å²) in [5.41, 5.74) is 2.31. The van der Waals surface area contributed by atoms with Gasteiger partial charge < -0.3 is 10.2 Å². The van der Waals surface area contributed by atoms with Crippen molar-refractivity contribution in [3.63, 3.8) is 0 Å². The molecule has 0 saturated carbocycles. The maximum absolute atomic E-state index is 13.0. The van der Waals surface area contributed by atoms with Crippen molar-refractivity contribution >= 4 is 11.8 Å². The lowest BCUT2D eigenvalue weighted by atomic mass is 10.1. The predicted octanol–water partition coefficient (Wildman–Crippen LogP) is 2.45. The first-order valence-corrected chi connectivity index (χ1v) is 10.1. The smallest absolute Gasteiger partial charge is 0.240 e. The largest absolute Gasteiger partial charge is 0.350 e. The van der Waals surface area contributed by atoms with Crippen LogP contribution in [0.15, 0.2) is 30.3 Å². The van der Waals surface area contributed by atoms with Crippen LogP contribution in [0.3, 0.4) is 0 Å². The topological polar surface area (TPSA) is 81.3 Å². The average Bonchev–Trinajstić information content (AvgIpc) is 3.09. The molecule has 7 nitrogen and oxygen atoms in total. The molecule has 0 saturated heterocycles. The second kappa shape index (κ2) is 10.3. The number of carbonyl (C=O) groups excluding carboxylic acids is 2. The van der Waals surface area contributed by atoms with Crippen molar-refractivity contribution in [2.45, 2.75) is 39.2 Å². The van der Waals surface area contributed by atoms with Crippen molar-refractivity contribution in [2.24, 2.45) is 0 Å². The number of nitrogens with one attached hydrogen (secondary N) is 2. The van der Waals surface area contributed by atoms with Crippen LogP contribution in [-0.4, -0.2) is 71.1 Å². The Morgan fingerprint density at radius 2 is 1.80 bits per heavy atom. The van der Waals surface area contributed by atoms with Gasteiger partial charge in [-0.05, 0) is 77.5 Å². The van der Waals surface area contributed by atoms with Gasteiger partial charge in [-0.3, -0.25) is 19.6 Å². The number of nitrogens with zero attached hydrogens (tertiary/aromatic N) is 3. The highest BCUT2D eigenvalue weighted by Gasteiger charge is 2.18. The maximum Gasteiger partial charge on any atom is 0.240 e. The molecule has 0 aliphatic heterocycles. The number of benzene rings is 1. The number of amides is 2. The summed E-state index contributed by atoms with van der Waals surface area (Å²) in [6.07, 6.45) is 1.64. The van der Waals surface area contributed by atoms with Gasteiger partial charge in [-0.2, -0.15) is 5.10 Å². The maximum atomic E-state index is 13.0. The third-order valence-electron chi connectivity index (χ3n) is 4.48. The molecule has 2 N–H and O–H groups in total. The molecule has 1 aromatic heterocycles. The molecule has 0 spiro atoms. The fourth-order valence-corrected chi connectivity index (χ4v) is 2.99. The van der Waals surface area contributed by atoms with E-state index >= 15 is 0 Å². The summed E-state index contributed by atoms with van der Waals surface area (Å²) < 4.78 is 13.0. The number of hydrogen-bond acceptors (Lipinski definition) is 4. The number of aromatic nitrogens is 2. The summed E-state index contributed by atoms with van der Waals surface area (Å²) in [5.74, 6) is -0.536. The number of likely N-dealkylation sites (N-methyl/N-ethyl adjacent to an activating group) is 2. The minimum atomic E-state index is -0.318. The fraction of sp³-hybridized carbons (Fsp3) is 0.500. The van der Waals surface area contributed by atoms with Crippen LogP contribution in [0.25, 0.3) is 11.3 Å². The van der Waals surface area contributed by atoms with E-state index in [-0.39, 0.29) is 36.3 Å². The first kappa shape index (κ1) is 23.5. The molecule has 2 rings (SSSR count). The summed E-state index contributed by atoms with van der Waals surface area (Å²) in [7, 11) is 3.53. The van der Waals surface area contributed by atoms with Gasteiger partial charge in [-0.1, -0.05) is 0 Å². The zero-order valence-corrected chi connectivity index (χ0v) is 18.5. The van der Waals surface area contributed by atoms with Crippen LogP contribution in [0, 0.1) is 5.82 Å². The molecule has 0 bridgehead atoms. The minimum absolute atomic E-state index is 0.0459. The Morgan fingerprint density at radius 1 is 1.13 bits per heavy atom. The van der Waals surface area contributed by atoms with Gasteiger partial charge in [-0.15, -0.1) is 0 Å². The van der Waals surface area contributed by atoms with Crippen LogP contribution >= 0.6 is 0 Å². The lowest BCUT2D eigenvalue weighted by Crippen LogP contribution is -2.47. The third kappa shape index (κ3) is 7.94. The second-order valence-electron chi connectivity index (χ2n) is 8.67. The zero-order valence-electron chi connectivity index (χ0n) is 18.5.